The Labute approximate surface area is 122 Å². The lowest BCUT2D eigenvalue weighted by molar-refractivity contribution is 0.366. The van der Waals surface area contributed by atoms with Crippen molar-refractivity contribution in [3.05, 3.63) is 22.2 Å². The van der Waals surface area contributed by atoms with Gasteiger partial charge in [0.2, 0.25) is 0 Å². The molecule has 0 radical (unpaired) electrons. The molecule has 0 amide bonds. The van der Waals surface area contributed by atoms with E-state index < -0.39 is 0 Å². The Morgan fingerprint density at radius 1 is 1.37 bits per heavy atom. The minimum atomic E-state index is 0.0900. The van der Waals surface area contributed by atoms with Crippen LogP contribution in [0.15, 0.2) is 16.6 Å². The number of hydrogen-bond acceptors (Lipinski definition) is 4. The maximum absolute atomic E-state index is 5.76. The molecule has 5 heteroatoms. The zero-order valence-electron chi connectivity index (χ0n) is 11.8. The standard InChI is InChI=1S/C14H21BrN2O2/c1-14(2)7-9(14)12(17-16)8-5-6-10(18-3)11(15)13(8)19-4/h5-6,9,12,17H,7,16H2,1-4H3. The molecular weight excluding hydrogens is 308 g/mol. The van der Waals surface area contributed by atoms with Crippen LogP contribution < -0.4 is 20.7 Å². The van der Waals surface area contributed by atoms with Crippen molar-refractivity contribution >= 4 is 15.9 Å². The van der Waals surface area contributed by atoms with E-state index in [0.717, 1.165) is 28.0 Å². The van der Waals surface area contributed by atoms with E-state index in [1.54, 1.807) is 14.2 Å². The number of hydrazine groups is 1. The van der Waals surface area contributed by atoms with Gasteiger partial charge in [-0.15, -0.1) is 0 Å². The third kappa shape index (κ3) is 2.59. The number of nitrogens with two attached hydrogens (primary N) is 1. The third-order valence-electron chi connectivity index (χ3n) is 4.02. The molecule has 0 aromatic heterocycles. The van der Waals surface area contributed by atoms with Gasteiger partial charge in [0.1, 0.15) is 16.0 Å². The van der Waals surface area contributed by atoms with Gasteiger partial charge in [0.15, 0.2) is 0 Å². The number of halogens is 1. The van der Waals surface area contributed by atoms with Crippen LogP contribution in [-0.4, -0.2) is 14.2 Å². The maximum atomic E-state index is 5.76. The number of ether oxygens (including phenoxy) is 2. The molecule has 1 aromatic carbocycles. The molecule has 1 fully saturated rings. The van der Waals surface area contributed by atoms with Crippen LogP contribution in [0.4, 0.5) is 0 Å². The van der Waals surface area contributed by atoms with Gasteiger partial charge < -0.3 is 9.47 Å². The summed E-state index contributed by atoms with van der Waals surface area (Å²) in [6.07, 6.45) is 1.16. The van der Waals surface area contributed by atoms with E-state index in [2.05, 4.69) is 35.2 Å². The molecule has 2 atom stereocenters. The zero-order chi connectivity index (χ0) is 14.2. The zero-order valence-corrected chi connectivity index (χ0v) is 13.4. The van der Waals surface area contributed by atoms with Gasteiger partial charge in [-0.05, 0) is 45.8 Å². The van der Waals surface area contributed by atoms with Crippen molar-refractivity contribution in [3.8, 4) is 11.5 Å². The van der Waals surface area contributed by atoms with Gasteiger partial charge in [-0.25, -0.2) is 0 Å². The van der Waals surface area contributed by atoms with Crippen LogP contribution in [-0.2, 0) is 0 Å². The van der Waals surface area contributed by atoms with Crippen LogP contribution in [0.2, 0.25) is 0 Å². The molecule has 1 aliphatic rings. The largest absolute Gasteiger partial charge is 0.495 e. The minimum absolute atomic E-state index is 0.0900. The minimum Gasteiger partial charge on any atom is -0.495 e. The maximum Gasteiger partial charge on any atom is 0.141 e. The Morgan fingerprint density at radius 3 is 2.42 bits per heavy atom. The van der Waals surface area contributed by atoms with Crippen LogP contribution in [0.5, 0.6) is 11.5 Å². The first kappa shape index (κ1) is 14.6. The number of nitrogens with one attached hydrogen (secondary N) is 1. The van der Waals surface area contributed by atoms with Gasteiger partial charge in [-0.2, -0.15) is 0 Å². The fourth-order valence-electron chi connectivity index (χ4n) is 2.66. The highest BCUT2D eigenvalue weighted by molar-refractivity contribution is 9.10. The first-order chi connectivity index (χ1) is 8.96. The topological polar surface area (TPSA) is 56.5 Å². The van der Waals surface area contributed by atoms with E-state index in [1.807, 2.05) is 12.1 Å². The number of rotatable bonds is 5. The Balaban J connectivity index is 2.41. The molecule has 1 saturated carbocycles. The van der Waals surface area contributed by atoms with Gasteiger partial charge in [0, 0.05) is 5.56 Å². The summed E-state index contributed by atoms with van der Waals surface area (Å²) >= 11 is 3.53. The van der Waals surface area contributed by atoms with Crippen molar-refractivity contribution in [1.29, 1.82) is 0 Å². The Morgan fingerprint density at radius 2 is 2.00 bits per heavy atom. The highest BCUT2D eigenvalue weighted by atomic mass is 79.9. The lowest BCUT2D eigenvalue weighted by Crippen LogP contribution is -2.31. The summed E-state index contributed by atoms with van der Waals surface area (Å²) in [7, 11) is 3.30. The van der Waals surface area contributed by atoms with E-state index in [9.17, 15) is 0 Å². The average molecular weight is 329 g/mol. The number of benzene rings is 1. The Kier molecular flexibility index (Phi) is 4.08. The van der Waals surface area contributed by atoms with Gasteiger partial charge in [0.05, 0.1) is 20.3 Å². The first-order valence-corrected chi connectivity index (χ1v) is 7.12. The van der Waals surface area contributed by atoms with E-state index in [0.29, 0.717) is 11.3 Å². The van der Waals surface area contributed by atoms with Crippen LogP contribution in [0.3, 0.4) is 0 Å². The molecule has 1 aromatic rings. The summed E-state index contributed by atoms with van der Waals surface area (Å²) in [6.45, 7) is 4.51. The van der Waals surface area contributed by atoms with Crippen molar-refractivity contribution in [2.24, 2.45) is 17.2 Å². The summed E-state index contributed by atoms with van der Waals surface area (Å²) in [6, 6.07) is 4.04. The molecule has 0 aliphatic heterocycles. The number of hydrogen-bond donors (Lipinski definition) is 2. The van der Waals surface area contributed by atoms with Gasteiger partial charge in [0.25, 0.3) is 0 Å². The average Bonchev–Trinajstić information content (AvgIpc) is 2.99. The Hall–Kier alpha value is -0.780. The van der Waals surface area contributed by atoms with Crippen molar-refractivity contribution in [2.75, 3.05) is 14.2 Å². The molecule has 0 heterocycles. The summed E-state index contributed by atoms with van der Waals surface area (Å²) in [5, 5.41) is 0. The predicted octanol–water partition coefficient (Wildman–Crippen LogP) is 3.02. The highest BCUT2D eigenvalue weighted by Crippen LogP contribution is 2.59. The monoisotopic (exact) mass is 328 g/mol. The summed E-state index contributed by atoms with van der Waals surface area (Å²) in [5.41, 5.74) is 4.32. The molecule has 0 spiro atoms. The van der Waals surface area contributed by atoms with E-state index in [-0.39, 0.29) is 6.04 Å². The number of methoxy groups -OCH3 is 2. The van der Waals surface area contributed by atoms with E-state index >= 15 is 0 Å². The first-order valence-electron chi connectivity index (χ1n) is 6.32. The normalized spacial score (nSPS) is 21.9. The summed E-state index contributed by atoms with van der Waals surface area (Å²) < 4.78 is 11.6. The van der Waals surface area contributed by atoms with Gasteiger partial charge in [-0.3, -0.25) is 11.3 Å². The fourth-order valence-corrected chi connectivity index (χ4v) is 3.35. The van der Waals surface area contributed by atoms with Gasteiger partial charge in [-0.1, -0.05) is 13.8 Å². The second-order valence-electron chi connectivity index (χ2n) is 5.65. The van der Waals surface area contributed by atoms with Crippen molar-refractivity contribution in [2.45, 2.75) is 26.3 Å². The molecule has 4 nitrogen and oxygen atoms in total. The second-order valence-corrected chi connectivity index (χ2v) is 6.44. The molecular formula is C14H21BrN2O2. The molecule has 2 unspecified atom stereocenters. The van der Waals surface area contributed by atoms with Crippen LogP contribution in [0.25, 0.3) is 0 Å². The van der Waals surface area contributed by atoms with E-state index in [1.165, 1.54) is 0 Å². The second kappa shape index (κ2) is 5.31. The Bertz CT molecular complexity index is 477. The fraction of sp³-hybridized carbons (Fsp3) is 0.571. The van der Waals surface area contributed by atoms with Crippen molar-refractivity contribution in [1.82, 2.24) is 5.43 Å². The lowest BCUT2D eigenvalue weighted by Gasteiger charge is -2.22. The van der Waals surface area contributed by atoms with Crippen LogP contribution in [0, 0.1) is 11.3 Å². The van der Waals surface area contributed by atoms with Crippen molar-refractivity contribution < 1.29 is 9.47 Å². The predicted molar refractivity (Wildman–Crippen MR) is 79.2 cm³/mol. The van der Waals surface area contributed by atoms with Gasteiger partial charge >= 0.3 is 0 Å². The van der Waals surface area contributed by atoms with Crippen LogP contribution in [0.1, 0.15) is 31.9 Å². The molecule has 1 aliphatic carbocycles. The van der Waals surface area contributed by atoms with E-state index in [4.69, 9.17) is 15.3 Å². The third-order valence-corrected chi connectivity index (χ3v) is 4.77. The molecule has 0 saturated heterocycles. The molecule has 3 N–H and O–H groups in total. The highest BCUT2D eigenvalue weighted by Gasteiger charge is 2.51. The molecule has 2 rings (SSSR count). The smallest absolute Gasteiger partial charge is 0.141 e. The SMILES string of the molecule is COc1ccc(C(NN)C2CC2(C)C)c(OC)c1Br. The lowest BCUT2D eigenvalue weighted by atomic mass is 9.96. The van der Waals surface area contributed by atoms with Crippen LogP contribution >= 0.6 is 15.9 Å². The van der Waals surface area contributed by atoms with Crippen molar-refractivity contribution in [3.63, 3.8) is 0 Å². The summed E-state index contributed by atoms with van der Waals surface area (Å²) in [5.74, 6) is 7.82. The molecule has 0 bridgehead atoms. The quantitative estimate of drug-likeness (QED) is 0.644. The summed E-state index contributed by atoms with van der Waals surface area (Å²) in [4.78, 5) is 0. The molecule has 106 valence electrons. The molecule has 19 heavy (non-hydrogen) atoms.